The molecule has 0 bridgehead atoms. The van der Waals surface area contributed by atoms with Gasteiger partial charge in [-0.1, -0.05) is 0 Å². The Hall–Kier alpha value is -1.20. The Bertz CT molecular complexity index is 492. The summed E-state index contributed by atoms with van der Waals surface area (Å²) < 4.78 is 0. The van der Waals surface area contributed by atoms with Gasteiger partial charge in [-0.05, 0) is 32.8 Å². The first-order chi connectivity index (χ1) is 8.16. The number of rotatable bonds is 5. The molecule has 17 heavy (non-hydrogen) atoms. The van der Waals surface area contributed by atoms with Crippen LogP contribution in [0.15, 0.2) is 12.4 Å². The zero-order valence-corrected chi connectivity index (χ0v) is 11.0. The Morgan fingerprint density at radius 2 is 2.29 bits per heavy atom. The van der Waals surface area contributed by atoms with Crippen LogP contribution >= 0.6 is 11.3 Å². The molecule has 1 atom stereocenters. The van der Waals surface area contributed by atoms with Crippen LogP contribution < -0.4 is 11.1 Å². The first-order valence-corrected chi connectivity index (χ1v) is 6.69. The first kappa shape index (κ1) is 12.3. The van der Waals surface area contributed by atoms with Crippen molar-refractivity contribution in [3.8, 4) is 0 Å². The van der Waals surface area contributed by atoms with Crippen LogP contribution in [0.25, 0.3) is 10.2 Å². The number of thiophene rings is 1. The molecular weight excluding hydrogens is 232 g/mol. The van der Waals surface area contributed by atoms with E-state index in [0.717, 1.165) is 35.4 Å². The van der Waals surface area contributed by atoms with Gasteiger partial charge in [0.15, 0.2) is 0 Å². The van der Waals surface area contributed by atoms with Gasteiger partial charge in [-0.25, -0.2) is 9.97 Å². The van der Waals surface area contributed by atoms with E-state index in [0.29, 0.717) is 0 Å². The standard InChI is InChI=1S/C12H18N4S/c1-8(13)4-3-5-14-11-10-6-9(2)17-12(10)16-7-15-11/h6-8H,3-5,13H2,1-2H3,(H,14,15,16). The maximum Gasteiger partial charge on any atom is 0.138 e. The van der Waals surface area contributed by atoms with Gasteiger partial charge in [-0.2, -0.15) is 0 Å². The van der Waals surface area contributed by atoms with Gasteiger partial charge < -0.3 is 11.1 Å². The Kier molecular flexibility index (Phi) is 3.91. The minimum absolute atomic E-state index is 0.269. The van der Waals surface area contributed by atoms with Gasteiger partial charge in [0.1, 0.15) is 17.0 Å². The van der Waals surface area contributed by atoms with Gasteiger partial charge in [0, 0.05) is 17.5 Å². The normalized spacial score (nSPS) is 12.9. The summed E-state index contributed by atoms with van der Waals surface area (Å²) in [6.07, 6.45) is 3.71. The van der Waals surface area contributed by atoms with Crippen LogP contribution in [0.2, 0.25) is 0 Å². The summed E-state index contributed by atoms with van der Waals surface area (Å²) in [5, 5.41) is 4.48. The van der Waals surface area contributed by atoms with Crippen LogP contribution in [0.3, 0.4) is 0 Å². The lowest BCUT2D eigenvalue weighted by atomic mass is 10.2. The van der Waals surface area contributed by atoms with E-state index < -0.39 is 0 Å². The average Bonchev–Trinajstić information content (AvgIpc) is 2.65. The summed E-state index contributed by atoms with van der Waals surface area (Å²) in [6, 6.07) is 2.40. The molecule has 0 saturated heterocycles. The second-order valence-electron chi connectivity index (χ2n) is 4.34. The Labute approximate surface area is 105 Å². The molecule has 2 heterocycles. The van der Waals surface area contributed by atoms with E-state index in [1.165, 1.54) is 4.88 Å². The molecule has 0 aromatic carbocycles. The van der Waals surface area contributed by atoms with Crippen molar-refractivity contribution in [3.63, 3.8) is 0 Å². The van der Waals surface area contributed by atoms with Crippen LogP contribution in [0.5, 0.6) is 0 Å². The molecule has 0 aliphatic rings. The number of nitrogens with one attached hydrogen (secondary N) is 1. The number of aromatic nitrogens is 2. The molecule has 0 fully saturated rings. The van der Waals surface area contributed by atoms with Gasteiger partial charge >= 0.3 is 0 Å². The van der Waals surface area contributed by atoms with Crippen molar-refractivity contribution in [1.82, 2.24) is 9.97 Å². The maximum atomic E-state index is 5.71. The number of fused-ring (bicyclic) bond motifs is 1. The minimum Gasteiger partial charge on any atom is -0.369 e. The number of nitrogens with zero attached hydrogens (tertiary/aromatic N) is 2. The topological polar surface area (TPSA) is 63.8 Å². The van der Waals surface area contributed by atoms with Crippen molar-refractivity contribution in [3.05, 3.63) is 17.3 Å². The van der Waals surface area contributed by atoms with Crippen LogP contribution in [0.4, 0.5) is 5.82 Å². The molecule has 0 amide bonds. The average molecular weight is 250 g/mol. The molecule has 0 aliphatic carbocycles. The van der Waals surface area contributed by atoms with Crippen molar-refractivity contribution in [2.75, 3.05) is 11.9 Å². The van der Waals surface area contributed by atoms with Crippen molar-refractivity contribution in [1.29, 1.82) is 0 Å². The second kappa shape index (κ2) is 5.42. The third kappa shape index (κ3) is 3.14. The van der Waals surface area contributed by atoms with Crippen molar-refractivity contribution >= 4 is 27.4 Å². The minimum atomic E-state index is 0.269. The first-order valence-electron chi connectivity index (χ1n) is 5.87. The van der Waals surface area contributed by atoms with E-state index in [1.807, 2.05) is 6.92 Å². The number of aryl methyl sites for hydroxylation is 1. The monoisotopic (exact) mass is 250 g/mol. The van der Waals surface area contributed by atoms with Crippen LogP contribution in [0, 0.1) is 6.92 Å². The smallest absolute Gasteiger partial charge is 0.138 e. The molecule has 2 aromatic heterocycles. The third-order valence-corrected chi connectivity index (χ3v) is 3.54. The molecule has 3 N–H and O–H groups in total. The fraction of sp³-hybridized carbons (Fsp3) is 0.500. The summed E-state index contributed by atoms with van der Waals surface area (Å²) in [5.74, 6) is 0.934. The van der Waals surface area contributed by atoms with E-state index in [1.54, 1.807) is 17.7 Å². The van der Waals surface area contributed by atoms with Gasteiger partial charge in [0.25, 0.3) is 0 Å². The van der Waals surface area contributed by atoms with E-state index in [9.17, 15) is 0 Å². The molecular formula is C12H18N4S. The van der Waals surface area contributed by atoms with E-state index in [4.69, 9.17) is 5.73 Å². The lowest BCUT2D eigenvalue weighted by Crippen LogP contribution is -2.16. The number of nitrogens with two attached hydrogens (primary N) is 1. The third-order valence-electron chi connectivity index (χ3n) is 2.58. The molecule has 0 aliphatic heterocycles. The SMILES string of the molecule is Cc1cc2c(NCCCC(C)N)ncnc2s1. The number of anilines is 1. The molecule has 2 rings (SSSR count). The molecule has 0 saturated carbocycles. The van der Waals surface area contributed by atoms with E-state index >= 15 is 0 Å². The highest BCUT2D eigenvalue weighted by atomic mass is 32.1. The highest BCUT2D eigenvalue weighted by Crippen LogP contribution is 2.27. The number of hydrogen-bond donors (Lipinski definition) is 2. The summed E-state index contributed by atoms with van der Waals surface area (Å²) in [7, 11) is 0. The van der Waals surface area contributed by atoms with Gasteiger partial charge in [-0.15, -0.1) is 11.3 Å². The summed E-state index contributed by atoms with van der Waals surface area (Å²) in [4.78, 5) is 10.9. The molecule has 4 nitrogen and oxygen atoms in total. The predicted molar refractivity (Wildman–Crippen MR) is 73.5 cm³/mol. The van der Waals surface area contributed by atoms with E-state index in [2.05, 4.69) is 28.3 Å². The molecule has 92 valence electrons. The fourth-order valence-corrected chi connectivity index (χ4v) is 2.59. The van der Waals surface area contributed by atoms with E-state index in [-0.39, 0.29) is 6.04 Å². The summed E-state index contributed by atoms with van der Waals surface area (Å²) in [5.41, 5.74) is 5.71. The maximum absolute atomic E-state index is 5.71. The largest absolute Gasteiger partial charge is 0.369 e. The van der Waals surface area contributed by atoms with Crippen molar-refractivity contribution in [2.45, 2.75) is 32.7 Å². The highest BCUT2D eigenvalue weighted by Gasteiger charge is 2.06. The summed E-state index contributed by atoms with van der Waals surface area (Å²) >= 11 is 1.70. The second-order valence-corrected chi connectivity index (χ2v) is 5.58. The van der Waals surface area contributed by atoms with Crippen molar-refractivity contribution < 1.29 is 0 Å². The Balaban J connectivity index is 2.03. The molecule has 5 heteroatoms. The Morgan fingerprint density at radius 3 is 3.06 bits per heavy atom. The predicted octanol–water partition coefficient (Wildman–Crippen LogP) is 2.54. The van der Waals surface area contributed by atoms with Gasteiger partial charge in [-0.3, -0.25) is 0 Å². The molecule has 1 unspecified atom stereocenters. The quantitative estimate of drug-likeness (QED) is 0.800. The Morgan fingerprint density at radius 1 is 1.47 bits per heavy atom. The molecule has 0 spiro atoms. The fourth-order valence-electron chi connectivity index (χ4n) is 1.75. The molecule has 0 radical (unpaired) electrons. The van der Waals surface area contributed by atoms with Crippen LogP contribution in [-0.2, 0) is 0 Å². The van der Waals surface area contributed by atoms with Gasteiger partial charge in [0.2, 0.25) is 0 Å². The lowest BCUT2D eigenvalue weighted by molar-refractivity contribution is 0.639. The summed E-state index contributed by atoms with van der Waals surface area (Å²) in [6.45, 7) is 5.03. The lowest BCUT2D eigenvalue weighted by Gasteiger charge is -2.07. The van der Waals surface area contributed by atoms with Crippen molar-refractivity contribution in [2.24, 2.45) is 5.73 Å². The zero-order chi connectivity index (χ0) is 12.3. The van der Waals surface area contributed by atoms with Crippen LogP contribution in [-0.4, -0.2) is 22.6 Å². The van der Waals surface area contributed by atoms with Crippen LogP contribution in [0.1, 0.15) is 24.6 Å². The zero-order valence-electron chi connectivity index (χ0n) is 10.2. The highest BCUT2D eigenvalue weighted by molar-refractivity contribution is 7.18. The number of hydrogen-bond acceptors (Lipinski definition) is 5. The van der Waals surface area contributed by atoms with Gasteiger partial charge in [0.05, 0.1) is 5.39 Å². The molecule has 2 aromatic rings.